The molecule has 6 heteroatoms. The monoisotopic (exact) mass is 727 g/mol. The Morgan fingerprint density at radius 3 is 1.02 bits per heavy atom. The Hall–Kier alpha value is -1.14. The highest BCUT2D eigenvalue weighted by atomic mass is 16.6. The first kappa shape index (κ1) is 52.0. The lowest BCUT2D eigenvalue weighted by atomic mass is 10.0. The number of hydrogen-bond donors (Lipinski definition) is 0. The Balaban J connectivity index is 0. The average molecular weight is 727 g/mol. The molecule has 2 atom stereocenters. The Morgan fingerprint density at radius 2 is 0.725 bits per heavy atom. The third-order valence-corrected chi connectivity index (χ3v) is 10.6. The van der Waals surface area contributed by atoms with E-state index in [-0.39, 0.29) is 13.2 Å². The summed E-state index contributed by atoms with van der Waals surface area (Å²) in [6.07, 6.45) is 34.6. The minimum absolute atomic E-state index is 0.202. The number of carbonyl (C=O) groups is 2. The molecule has 306 valence electrons. The van der Waals surface area contributed by atoms with E-state index in [0.717, 1.165) is 51.4 Å². The lowest BCUT2D eigenvalue weighted by Gasteiger charge is -2.35. The number of nitrogens with zero attached hydrogens (tertiary/aromatic N) is 1. The summed E-state index contributed by atoms with van der Waals surface area (Å²) in [6.45, 7) is 20.2. The fourth-order valence-corrected chi connectivity index (χ4v) is 6.68. The van der Waals surface area contributed by atoms with Gasteiger partial charge in [-0.3, -0.25) is 0 Å². The maximum Gasteiger partial charge on any atom is 0.332 e. The van der Waals surface area contributed by atoms with Gasteiger partial charge in [0.15, 0.2) is 0 Å². The topological polar surface area (TPSA) is 61.8 Å². The summed E-state index contributed by atoms with van der Waals surface area (Å²) < 4.78 is 16.9. The molecule has 0 aliphatic rings. The van der Waals surface area contributed by atoms with Gasteiger partial charge in [-0.15, -0.1) is 0 Å². The molecule has 0 aliphatic carbocycles. The highest BCUT2D eigenvalue weighted by Gasteiger charge is 2.20. The normalized spacial score (nSPS) is 12.6. The highest BCUT2D eigenvalue weighted by molar-refractivity contribution is 5.73. The fraction of sp³-hybridized carbons (Fsp3) is 0.956. The van der Waals surface area contributed by atoms with Crippen LogP contribution in [0.1, 0.15) is 215 Å². The lowest BCUT2D eigenvalue weighted by Crippen LogP contribution is -2.46. The average Bonchev–Trinajstić information content (AvgIpc) is 3.13. The Labute approximate surface area is 319 Å². The number of esters is 2. The fourth-order valence-electron chi connectivity index (χ4n) is 6.68. The summed E-state index contributed by atoms with van der Waals surface area (Å²) in [5, 5.41) is 0. The first-order chi connectivity index (χ1) is 24.7. The van der Waals surface area contributed by atoms with E-state index in [1.54, 1.807) is 0 Å². The molecule has 0 radical (unpaired) electrons. The van der Waals surface area contributed by atoms with Crippen molar-refractivity contribution >= 4 is 11.9 Å². The summed E-state index contributed by atoms with van der Waals surface area (Å²) in [5.41, 5.74) is 0. The van der Waals surface area contributed by atoms with Crippen molar-refractivity contribution < 1.29 is 28.3 Å². The van der Waals surface area contributed by atoms with Crippen LogP contribution in [0.25, 0.3) is 0 Å². The zero-order valence-electron chi connectivity index (χ0n) is 36.0. The van der Waals surface area contributed by atoms with E-state index in [1.807, 2.05) is 0 Å². The summed E-state index contributed by atoms with van der Waals surface area (Å²) in [7, 11) is 2.56. The van der Waals surface area contributed by atoms with E-state index in [4.69, 9.17) is 14.2 Å². The Morgan fingerprint density at radius 1 is 0.431 bits per heavy atom. The number of unbranched alkanes of at least 4 members (excludes halogenated alkanes) is 17. The molecule has 0 N–H and O–H groups in total. The molecule has 0 saturated carbocycles. The van der Waals surface area contributed by atoms with Crippen molar-refractivity contribution in [3.05, 3.63) is 0 Å². The molecule has 2 unspecified atom stereocenters. The molecule has 0 bridgehead atoms. The second-order valence-corrected chi connectivity index (χ2v) is 15.8. The predicted molar refractivity (Wildman–Crippen MR) is 220 cm³/mol. The first-order valence-electron chi connectivity index (χ1n) is 22.5. The molecule has 51 heavy (non-hydrogen) atoms. The van der Waals surface area contributed by atoms with Gasteiger partial charge in [-0.05, 0) is 63.2 Å². The SMILES string of the molecule is CCCCC(CC)COC(=O)COCC(=O)OCC(CC)CCCC.CCCCCCCC[N+](C)(CCCCCCCC)CCCCCCCC. The maximum absolute atomic E-state index is 11.7. The van der Waals surface area contributed by atoms with Crippen LogP contribution in [0.2, 0.25) is 0 Å². The van der Waals surface area contributed by atoms with Crippen LogP contribution in [0.3, 0.4) is 0 Å². The quantitative estimate of drug-likeness (QED) is 0.0362. The Bertz CT molecular complexity index is 657. The highest BCUT2D eigenvalue weighted by Crippen LogP contribution is 2.17. The molecule has 0 aromatic heterocycles. The van der Waals surface area contributed by atoms with Gasteiger partial charge < -0.3 is 18.7 Å². The minimum atomic E-state index is -0.419. The van der Waals surface area contributed by atoms with E-state index < -0.39 is 11.9 Å². The third kappa shape index (κ3) is 37.0. The minimum Gasteiger partial charge on any atom is -0.464 e. The largest absolute Gasteiger partial charge is 0.464 e. The van der Waals surface area contributed by atoms with Crippen LogP contribution in [0.15, 0.2) is 0 Å². The van der Waals surface area contributed by atoms with Crippen LogP contribution in [-0.4, -0.2) is 69.5 Å². The van der Waals surface area contributed by atoms with E-state index in [2.05, 4.69) is 55.5 Å². The van der Waals surface area contributed by atoms with Crippen molar-refractivity contribution in [2.24, 2.45) is 11.8 Å². The zero-order valence-corrected chi connectivity index (χ0v) is 36.0. The van der Waals surface area contributed by atoms with Crippen LogP contribution < -0.4 is 0 Å². The van der Waals surface area contributed by atoms with Crippen LogP contribution >= 0.6 is 0 Å². The van der Waals surface area contributed by atoms with Crippen LogP contribution in [-0.2, 0) is 23.8 Å². The molecule has 0 aromatic rings. The summed E-state index contributed by atoms with van der Waals surface area (Å²) in [4.78, 5) is 23.3. The van der Waals surface area contributed by atoms with E-state index in [0.29, 0.717) is 25.0 Å². The van der Waals surface area contributed by atoms with E-state index >= 15 is 0 Å². The standard InChI is InChI=1S/C25H54N.C20H38O5/c1-5-8-11-14-17-20-23-26(4,24-21-18-15-12-9-6-2)25-22-19-16-13-10-7-3;1-5-9-11-17(7-3)13-24-19(21)15-23-16-20(22)25-14-18(8-4)12-10-6-2/h5-25H2,1-4H3;17-18H,5-16H2,1-4H3/q+1;. The van der Waals surface area contributed by atoms with Gasteiger partial charge in [0.2, 0.25) is 0 Å². The van der Waals surface area contributed by atoms with Gasteiger partial charge in [-0.2, -0.15) is 0 Å². The zero-order chi connectivity index (χ0) is 38.3. The predicted octanol–water partition coefficient (Wildman–Crippen LogP) is 13.0. The number of ether oxygens (including phenoxy) is 3. The molecular formula is C45H92NO5+. The molecule has 0 amide bonds. The van der Waals surface area contributed by atoms with Gasteiger partial charge >= 0.3 is 11.9 Å². The molecule has 0 aliphatic heterocycles. The summed E-state index contributed by atoms with van der Waals surface area (Å²) in [6, 6.07) is 0. The van der Waals surface area contributed by atoms with Crippen LogP contribution in [0.4, 0.5) is 0 Å². The molecule has 0 spiro atoms. The maximum atomic E-state index is 11.7. The summed E-state index contributed by atoms with van der Waals surface area (Å²) >= 11 is 0. The van der Waals surface area contributed by atoms with Gasteiger partial charge in [0.25, 0.3) is 0 Å². The van der Waals surface area contributed by atoms with Gasteiger partial charge in [0.05, 0.1) is 39.9 Å². The molecule has 0 aromatic carbocycles. The van der Waals surface area contributed by atoms with Gasteiger partial charge in [-0.25, -0.2) is 9.59 Å². The van der Waals surface area contributed by atoms with Gasteiger partial charge in [0, 0.05) is 0 Å². The van der Waals surface area contributed by atoms with Crippen molar-refractivity contribution in [1.29, 1.82) is 0 Å². The van der Waals surface area contributed by atoms with Gasteiger partial charge in [0.1, 0.15) is 13.2 Å². The van der Waals surface area contributed by atoms with Gasteiger partial charge in [-0.1, -0.05) is 164 Å². The van der Waals surface area contributed by atoms with E-state index in [1.165, 1.54) is 140 Å². The van der Waals surface area contributed by atoms with E-state index in [9.17, 15) is 9.59 Å². The molecule has 0 saturated heterocycles. The second-order valence-electron chi connectivity index (χ2n) is 15.8. The molecule has 0 heterocycles. The molecule has 0 fully saturated rings. The first-order valence-corrected chi connectivity index (χ1v) is 22.5. The molecular weight excluding hydrogens is 634 g/mol. The smallest absolute Gasteiger partial charge is 0.332 e. The van der Waals surface area contributed by atoms with Crippen molar-refractivity contribution in [2.45, 2.75) is 215 Å². The van der Waals surface area contributed by atoms with Crippen molar-refractivity contribution in [3.63, 3.8) is 0 Å². The van der Waals surface area contributed by atoms with Crippen molar-refractivity contribution in [2.75, 3.05) is 53.1 Å². The summed E-state index contributed by atoms with van der Waals surface area (Å²) in [5.74, 6) is -0.0276. The van der Waals surface area contributed by atoms with Crippen molar-refractivity contribution in [3.8, 4) is 0 Å². The lowest BCUT2D eigenvalue weighted by molar-refractivity contribution is -0.910. The van der Waals surface area contributed by atoms with Crippen LogP contribution in [0.5, 0.6) is 0 Å². The second kappa shape index (κ2) is 40.1. The molecule has 6 nitrogen and oxygen atoms in total. The van der Waals surface area contributed by atoms with Crippen LogP contribution in [0, 0.1) is 11.8 Å². The number of carbonyl (C=O) groups excluding carboxylic acids is 2. The van der Waals surface area contributed by atoms with Crippen molar-refractivity contribution in [1.82, 2.24) is 0 Å². The third-order valence-electron chi connectivity index (χ3n) is 10.6. The molecule has 0 rings (SSSR count). The number of hydrogen-bond acceptors (Lipinski definition) is 5. The number of quaternary nitrogens is 1. The Kier molecular flexibility index (Phi) is 40.8. The number of rotatable bonds is 37.